The average molecular weight is 300 g/mol. The van der Waals surface area contributed by atoms with Crippen LogP contribution in [0.4, 0.5) is 10.2 Å². The minimum atomic E-state index is -0.297. The molecule has 0 radical (unpaired) electrons. The molecule has 3 nitrogen and oxygen atoms in total. The fourth-order valence-corrected chi connectivity index (χ4v) is 2.41. The number of benzene rings is 1. The lowest BCUT2D eigenvalue weighted by Gasteiger charge is -2.02. The molecule has 1 aromatic heterocycles. The number of hydrogen-bond acceptors (Lipinski definition) is 4. The summed E-state index contributed by atoms with van der Waals surface area (Å²) in [6.07, 6.45) is 0. The van der Waals surface area contributed by atoms with Gasteiger partial charge in [-0.25, -0.2) is 14.4 Å². The highest BCUT2D eigenvalue weighted by molar-refractivity contribution is 9.10. The first-order valence-electron chi connectivity index (χ1n) is 4.37. The molecule has 0 unspecified atom stereocenters. The zero-order valence-corrected chi connectivity index (χ0v) is 10.4. The molecule has 6 heteroatoms. The van der Waals surface area contributed by atoms with Crippen LogP contribution in [0.15, 0.2) is 45.0 Å². The molecule has 0 saturated heterocycles. The summed E-state index contributed by atoms with van der Waals surface area (Å²) in [5.74, 6) is 0.0513. The van der Waals surface area contributed by atoms with Gasteiger partial charge in [-0.15, -0.1) is 0 Å². The fourth-order valence-electron chi connectivity index (χ4n) is 1.08. The second-order valence-corrected chi connectivity index (χ2v) is 4.75. The first kappa shape index (κ1) is 11.3. The molecule has 0 spiro atoms. The van der Waals surface area contributed by atoms with E-state index >= 15 is 0 Å². The van der Waals surface area contributed by atoms with Crippen molar-refractivity contribution in [3.8, 4) is 0 Å². The van der Waals surface area contributed by atoms with Crippen LogP contribution in [0.5, 0.6) is 0 Å². The highest BCUT2D eigenvalue weighted by atomic mass is 79.9. The van der Waals surface area contributed by atoms with E-state index in [1.165, 1.54) is 6.07 Å². The zero-order chi connectivity index (χ0) is 11.5. The van der Waals surface area contributed by atoms with E-state index in [2.05, 4.69) is 25.9 Å². The van der Waals surface area contributed by atoms with E-state index < -0.39 is 0 Å². The van der Waals surface area contributed by atoms with Crippen molar-refractivity contribution >= 4 is 33.5 Å². The van der Waals surface area contributed by atoms with E-state index in [4.69, 9.17) is 5.73 Å². The number of hydrogen-bond donors (Lipinski definition) is 1. The maximum absolute atomic E-state index is 13.4. The summed E-state index contributed by atoms with van der Waals surface area (Å²) in [5, 5.41) is 0.414. The van der Waals surface area contributed by atoms with E-state index in [-0.39, 0.29) is 5.82 Å². The lowest BCUT2D eigenvalue weighted by atomic mass is 10.4. The van der Waals surface area contributed by atoms with Crippen molar-refractivity contribution in [2.45, 2.75) is 10.1 Å². The number of nitrogen functional groups attached to an aromatic ring is 1. The van der Waals surface area contributed by atoms with E-state index in [1.54, 1.807) is 24.3 Å². The molecule has 0 fully saturated rings. The Balaban J connectivity index is 2.30. The second-order valence-electron chi connectivity index (χ2n) is 2.93. The van der Waals surface area contributed by atoms with E-state index in [1.807, 2.05) is 0 Å². The average Bonchev–Trinajstić information content (AvgIpc) is 2.20. The Morgan fingerprint density at radius 2 is 2.00 bits per heavy atom. The van der Waals surface area contributed by atoms with Crippen molar-refractivity contribution in [1.29, 1.82) is 0 Å². The van der Waals surface area contributed by atoms with Crippen LogP contribution < -0.4 is 5.73 Å². The number of rotatable bonds is 2. The van der Waals surface area contributed by atoms with Gasteiger partial charge in [-0.1, -0.05) is 12.1 Å². The topological polar surface area (TPSA) is 51.8 Å². The first-order valence-corrected chi connectivity index (χ1v) is 5.98. The molecule has 2 rings (SSSR count). The Labute approximate surface area is 104 Å². The molecule has 0 aliphatic rings. The van der Waals surface area contributed by atoms with E-state index in [0.29, 0.717) is 20.5 Å². The smallest absolute Gasteiger partial charge is 0.195 e. The van der Waals surface area contributed by atoms with Gasteiger partial charge in [0.2, 0.25) is 0 Å². The summed E-state index contributed by atoms with van der Waals surface area (Å²) in [6, 6.07) is 8.04. The van der Waals surface area contributed by atoms with Crippen LogP contribution in [0, 0.1) is 5.82 Å². The molecule has 82 valence electrons. The van der Waals surface area contributed by atoms with Crippen molar-refractivity contribution < 1.29 is 4.39 Å². The van der Waals surface area contributed by atoms with Crippen LogP contribution in [-0.2, 0) is 0 Å². The van der Waals surface area contributed by atoms with Crippen LogP contribution in [0.2, 0.25) is 0 Å². The standard InChI is InChI=1S/C10H7BrFN3S/c11-8-5-9(13)15-10(14-8)16-7-4-2-1-3-6(7)12/h1-5H,(H2,13,14,15). The summed E-state index contributed by atoms with van der Waals surface area (Å²) in [6.45, 7) is 0. The van der Waals surface area contributed by atoms with Crippen LogP contribution in [-0.4, -0.2) is 9.97 Å². The highest BCUT2D eigenvalue weighted by Crippen LogP contribution is 2.28. The summed E-state index contributed by atoms with van der Waals surface area (Å²) < 4.78 is 13.9. The van der Waals surface area contributed by atoms with Gasteiger partial charge >= 0.3 is 0 Å². The van der Waals surface area contributed by atoms with Gasteiger partial charge < -0.3 is 5.73 Å². The van der Waals surface area contributed by atoms with Crippen molar-refractivity contribution in [2.24, 2.45) is 0 Å². The van der Waals surface area contributed by atoms with E-state index in [9.17, 15) is 4.39 Å². The number of aromatic nitrogens is 2. The normalized spacial score (nSPS) is 10.4. The first-order chi connectivity index (χ1) is 7.65. The molecule has 0 atom stereocenters. The summed E-state index contributed by atoms with van der Waals surface area (Å²) >= 11 is 4.34. The molecule has 1 aromatic carbocycles. The number of nitrogens with zero attached hydrogens (tertiary/aromatic N) is 2. The SMILES string of the molecule is Nc1cc(Br)nc(Sc2ccccc2F)n1. The van der Waals surface area contributed by atoms with Gasteiger partial charge in [-0.05, 0) is 39.8 Å². The van der Waals surface area contributed by atoms with E-state index in [0.717, 1.165) is 11.8 Å². The Morgan fingerprint density at radius 3 is 2.69 bits per heavy atom. The third-order valence-electron chi connectivity index (χ3n) is 1.73. The summed E-state index contributed by atoms with van der Waals surface area (Å²) in [4.78, 5) is 8.57. The summed E-state index contributed by atoms with van der Waals surface area (Å²) in [7, 11) is 0. The molecule has 2 N–H and O–H groups in total. The third kappa shape index (κ3) is 2.70. The second kappa shape index (κ2) is 4.80. The van der Waals surface area contributed by atoms with Crippen LogP contribution in [0.1, 0.15) is 0 Å². The largest absolute Gasteiger partial charge is 0.384 e. The minimum absolute atomic E-state index is 0.297. The van der Waals surface area contributed by atoms with Crippen molar-refractivity contribution in [2.75, 3.05) is 5.73 Å². The maximum atomic E-state index is 13.4. The molecule has 1 heterocycles. The highest BCUT2D eigenvalue weighted by Gasteiger charge is 2.07. The van der Waals surface area contributed by atoms with Gasteiger partial charge in [0.05, 0.1) is 4.90 Å². The molecule has 0 amide bonds. The fraction of sp³-hybridized carbons (Fsp3) is 0. The summed E-state index contributed by atoms with van der Waals surface area (Å²) in [5.41, 5.74) is 5.56. The van der Waals surface area contributed by atoms with Crippen molar-refractivity contribution in [1.82, 2.24) is 9.97 Å². The number of nitrogens with two attached hydrogens (primary N) is 1. The predicted molar refractivity (Wildman–Crippen MR) is 64.7 cm³/mol. The third-order valence-corrected chi connectivity index (χ3v) is 3.05. The molecule has 2 aromatic rings. The Kier molecular flexibility index (Phi) is 3.40. The number of halogens is 2. The molecule has 0 aliphatic carbocycles. The van der Waals surface area contributed by atoms with Crippen LogP contribution >= 0.6 is 27.7 Å². The molecular weight excluding hydrogens is 293 g/mol. The monoisotopic (exact) mass is 299 g/mol. The van der Waals surface area contributed by atoms with Crippen LogP contribution in [0.25, 0.3) is 0 Å². The Hall–Kier alpha value is -1.14. The molecular formula is C10H7BrFN3S. The Morgan fingerprint density at radius 1 is 1.25 bits per heavy atom. The van der Waals surface area contributed by atoms with Gasteiger partial charge in [-0.3, -0.25) is 0 Å². The maximum Gasteiger partial charge on any atom is 0.195 e. The minimum Gasteiger partial charge on any atom is -0.384 e. The predicted octanol–water partition coefficient (Wildman–Crippen LogP) is 3.11. The quantitative estimate of drug-likeness (QED) is 0.684. The molecule has 0 aliphatic heterocycles. The van der Waals surface area contributed by atoms with Crippen molar-refractivity contribution in [3.05, 3.63) is 40.8 Å². The van der Waals surface area contributed by atoms with Gasteiger partial charge in [0.15, 0.2) is 5.16 Å². The number of anilines is 1. The van der Waals surface area contributed by atoms with Gasteiger partial charge in [-0.2, -0.15) is 0 Å². The zero-order valence-electron chi connectivity index (χ0n) is 8.02. The lowest BCUT2D eigenvalue weighted by molar-refractivity contribution is 0.601. The lowest BCUT2D eigenvalue weighted by Crippen LogP contribution is -1.95. The van der Waals surface area contributed by atoms with Crippen molar-refractivity contribution in [3.63, 3.8) is 0 Å². The van der Waals surface area contributed by atoms with Gasteiger partial charge in [0.25, 0.3) is 0 Å². The molecule has 16 heavy (non-hydrogen) atoms. The Bertz CT molecular complexity index is 501. The molecule has 0 bridgehead atoms. The van der Waals surface area contributed by atoms with Gasteiger partial charge in [0, 0.05) is 6.07 Å². The van der Waals surface area contributed by atoms with Crippen LogP contribution in [0.3, 0.4) is 0 Å². The van der Waals surface area contributed by atoms with Gasteiger partial charge in [0.1, 0.15) is 16.2 Å². The molecule has 0 saturated carbocycles.